The average molecular weight is 176 g/mol. The summed E-state index contributed by atoms with van der Waals surface area (Å²) in [6.45, 7) is 5.57. The van der Waals surface area contributed by atoms with Crippen LogP contribution in [0, 0.1) is 5.92 Å². The van der Waals surface area contributed by atoms with E-state index in [-0.39, 0.29) is 0 Å². The van der Waals surface area contributed by atoms with Crippen LogP contribution in [0.1, 0.15) is 13.8 Å². The Labute approximate surface area is 69.2 Å². The molecule has 2 nitrogen and oxygen atoms in total. The van der Waals surface area contributed by atoms with Crippen molar-refractivity contribution in [3.05, 3.63) is 12.7 Å². The van der Waals surface area contributed by atoms with Crippen molar-refractivity contribution in [2.45, 2.75) is 25.4 Å². The number of halogens is 2. The Morgan fingerprint density at radius 2 is 2.17 bits per heavy atom. The highest BCUT2D eigenvalue weighted by Crippen LogP contribution is 2.61. The number of hydrogen-bond donors (Lipinski definition) is 0. The van der Waals surface area contributed by atoms with Gasteiger partial charge in [-0.1, -0.05) is 6.08 Å². The normalized spacial score (nSPS) is 37.2. The molecule has 0 spiro atoms. The van der Waals surface area contributed by atoms with Crippen molar-refractivity contribution in [2.75, 3.05) is 0 Å². The van der Waals surface area contributed by atoms with Crippen LogP contribution in [-0.4, -0.2) is 17.5 Å². The minimum absolute atomic E-state index is 0.693. The molecule has 1 aliphatic rings. The van der Waals surface area contributed by atoms with Gasteiger partial charge in [0.25, 0.3) is 5.92 Å². The van der Waals surface area contributed by atoms with Crippen LogP contribution in [0.3, 0.4) is 0 Å². The Balaban J connectivity index is 2.76. The predicted octanol–water partition coefficient (Wildman–Crippen LogP) is 1.76. The third-order valence-corrected chi connectivity index (χ3v) is 2.15. The Hall–Kier alpha value is -0.930. The smallest absolute Gasteiger partial charge is 0.303 e. The van der Waals surface area contributed by atoms with Gasteiger partial charge in [0.1, 0.15) is 0 Å². The van der Waals surface area contributed by atoms with E-state index in [9.17, 15) is 13.6 Å². The van der Waals surface area contributed by atoms with E-state index in [2.05, 4.69) is 11.3 Å². The topological polar surface area (TPSA) is 26.3 Å². The average Bonchev–Trinajstić information content (AvgIpc) is 2.24. The molecule has 0 amide bonds. The van der Waals surface area contributed by atoms with Crippen LogP contribution in [0.4, 0.5) is 8.78 Å². The summed E-state index contributed by atoms with van der Waals surface area (Å²) >= 11 is 0. The van der Waals surface area contributed by atoms with Crippen LogP contribution >= 0.6 is 0 Å². The fourth-order valence-electron chi connectivity index (χ4n) is 1.34. The summed E-state index contributed by atoms with van der Waals surface area (Å²) in [7, 11) is 0. The molecule has 0 unspecified atom stereocenters. The first-order valence-corrected chi connectivity index (χ1v) is 3.56. The first-order chi connectivity index (χ1) is 5.36. The summed E-state index contributed by atoms with van der Waals surface area (Å²) in [6, 6.07) is 0. The first-order valence-electron chi connectivity index (χ1n) is 3.56. The zero-order valence-electron chi connectivity index (χ0n) is 6.93. The van der Waals surface area contributed by atoms with Gasteiger partial charge < -0.3 is 4.74 Å². The largest absolute Gasteiger partial charge is 0.452 e. The van der Waals surface area contributed by atoms with Crippen molar-refractivity contribution in [1.29, 1.82) is 0 Å². The Morgan fingerprint density at radius 1 is 1.67 bits per heavy atom. The van der Waals surface area contributed by atoms with Gasteiger partial charge in [-0.25, -0.2) is 8.78 Å². The van der Waals surface area contributed by atoms with Crippen molar-refractivity contribution in [3.8, 4) is 0 Å². The number of carbonyl (C=O) groups excluding carboxylic acids is 1. The highest BCUT2D eigenvalue weighted by Gasteiger charge is 2.80. The van der Waals surface area contributed by atoms with Gasteiger partial charge in [-0.3, -0.25) is 4.79 Å². The maximum Gasteiger partial charge on any atom is 0.303 e. The molecule has 0 N–H and O–H groups in total. The van der Waals surface area contributed by atoms with Gasteiger partial charge in [-0.05, 0) is 6.92 Å². The maximum absolute atomic E-state index is 12.9. The third kappa shape index (κ3) is 0.940. The first kappa shape index (κ1) is 9.16. The van der Waals surface area contributed by atoms with Gasteiger partial charge in [-0.15, -0.1) is 6.58 Å². The number of esters is 1. The van der Waals surface area contributed by atoms with Gasteiger partial charge in [0, 0.05) is 6.92 Å². The van der Waals surface area contributed by atoms with Crippen LogP contribution in [0.2, 0.25) is 0 Å². The minimum Gasteiger partial charge on any atom is -0.452 e. The molecule has 2 atom stereocenters. The molecule has 12 heavy (non-hydrogen) atoms. The summed E-state index contributed by atoms with van der Waals surface area (Å²) in [5, 5.41) is 0. The lowest BCUT2D eigenvalue weighted by Gasteiger charge is -2.09. The van der Waals surface area contributed by atoms with E-state index < -0.39 is 23.4 Å². The lowest BCUT2D eigenvalue weighted by molar-refractivity contribution is -0.153. The molecule has 0 aromatic heterocycles. The van der Waals surface area contributed by atoms with Crippen LogP contribution in [-0.2, 0) is 9.53 Å². The number of hydrogen-bond acceptors (Lipinski definition) is 2. The highest BCUT2D eigenvalue weighted by molar-refractivity contribution is 5.67. The molecule has 1 saturated carbocycles. The SMILES string of the molecule is C=C[C@H]1C(F)(F)[C@]1(C)OC(C)=O. The molecule has 0 heterocycles. The van der Waals surface area contributed by atoms with Gasteiger partial charge >= 0.3 is 5.97 Å². The second-order valence-corrected chi connectivity index (χ2v) is 3.04. The summed E-state index contributed by atoms with van der Waals surface area (Å²) < 4.78 is 30.2. The second-order valence-electron chi connectivity index (χ2n) is 3.04. The lowest BCUT2D eigenvalue weighted by atomic mass is 10.3. The van der Waals surface area contributed by atoms with Crippen molar-refractivity contribution in [1.82, 2.24) is 0 Å². The standard InChI is InChI=1S/C8H10F2O2/c1-4-6-7(3,8(6,9)10)12-5(2)11/h4,6H,1H2,2-3H3/t6-,7-/m1/s1. The molecule has 0 aromatic carbocycles. The van der Waals surface area contributed by atoms with Gasteiger partial charge in [0.05, 0.1) is 5.92 Å². The number of alkyl halides is 2. The highest BCUT2D eigenvalue weighted by atomic mass is 19.3. The molecular formula is C8H10F2O2. The van der Waals surface area contributed by atoms with E-state index in [0.29, 0.717) is 0 Å². The zero-order valence-corrected chi connectivity index (χ0v) is 6.93. The molecule has 0 bridgehead atoms. The molecule has 1 aliphatic carbocycles. The maximum atomic E-state index is 12.9. The number of carbonyl (C=O) groups is 1. The fraction of sp³-hybridized carbons (Fsp3) is 0.625. The molecular weight excluding hydrogens is 166 g/mol. The van der Waals surface area contributed by atoms with Crippen molar-refractivity contribution < 1.29 is 18.3 Å². The fourth-order valence-corrected chi connectivity index (χ4v) is 1.34. The number of ether oxygens (including phenoxy) is 1. The molecule has 0 aliphatic heterocycles. The van der Waals surface area contributed by atoms with Crippen LogP contribution in [0.15, 0.2) is 12.7 Å². The van der Waals surface area contributed by atoms with Gasteiger partial charge in [0.2, 0.25) is 0 Å². The third-order valence-electron chi connectivity index (χ3n) is 2.15. The molecule has 68 valence electrons. The van der Waals surface area contributed by atoms with Crippen LogP contribution in [0.5, 0.6) is 0 Å². The van der Waals surface area contributed by atoms with Crippen LogP contribution < -0.4 is 0 Å². The van der Waals surface area contributed by atoms with Crippen molar-refractivity contribution >= 4 is 5.97 Å². The van der Waals surface area contributed by atoms with Crippen LogP contribution in [0.25, 0.3) is 0 Å². The zero-order chi connectivity index (χ0) is 9.57. The van der Waals surface area contributed by atoms with Crippen molar-refractivity contribution in [2.24, 2.45) is 5.92 Å². The number of rotatable bonds is 2. The Morgan fingerprint density at radius 3 is 2.42 bits per heavy atom. The molecule has 1 fully saturated rings. The van der Waals surface area contributed by atoms with E-state index in [1.54, 1.807) is 0 Å². The summed E-state index contributed by atoms with van der Waals surface area (Å²) in [5.41, 5.74) is -1.67. The summed E-state index contributed by atoms with van der Waals surface area (Å²) in [4.78, 5) is 10.5. The van der Waals surface area contributed by atoms with Crippen molar-refractivity contribution in [3.63, 3.8) is 0 Å². The molecule has 0 aromatic rings. The van der Waals surface area contributed by atoms with Gasteiger partial charge in [0.15, 0.2) is 5.60 Å². The van der Waals surface area contributed by atoms with Gasteiger partial charge in [-0.2, -0.15) is 0 Å². The van der Waals surface area contributed by atoms with E-state index >= 15 is 0 Å². The molecule has 0 radical (unpaired) electrons. The summed E-state index contributed by atoms with van der Waals surface area (Å²) in [6.07, 6.45) is 1.11. The lowest BCUT2D eigenvalue weighted by Crippen LogP contribution is -2.21. The predicted molar refractivity (Wildman–Crippen MR) is 38.8 cm³/mol. The van der Waals surface area contributed by atoms with E-state index in [0.717, 1.165) is 13.0 Å². The second kappa shape index (κ2) is 2.28. The van der Waals surface area contributed by atoms with E-state index in [1.165, 1.54) is 6.92 Å². The van der Waals surface area contributed by atoms with E-state index in [1.807, 2.05) is 0 Å². The molecule has 1 rings (SSSR count). The monoisotopic (exact) mass is 176 g/mol. The molecule has 0 saturated heterocycles. The van der Waals surface area contributed by atoms with E-state index in [4.69, 9.17) is 0 Å². The Kier molecular flexibility index (Phi) is 1.74. The molecule has 4 heteroatoms. The quantitative estimate of drug-likeness (QED) is 0.473. The Bertz CT molecular complexity index is 237. The summed E-state index contributed by atoms with van der Waals surface area (Å²) in [5.74, 6) is -4.70. The minimum atomic E-state index is -2.96.